The Morgan fingerprint density at radius 2 is 1.78 bits per heavy atom. The van der Waals surface area contributed by atoms with Crippen LogP contribution in [0.3, 0.4) is 0 Å². The third kappa shape index (κ3) is 4.51. The van der Waals surface area contributed by atoms with E-state index in [0.717, 1.165) is 13.0 Å². The van der Waals surface area contributed by atoms with Crippen molar-refractivity contribution in [3.63, 3.8) is 0 Å². The topological polar surface area (TPSA) is 29.9 Å². The number of benzene rings is 1. The number of nitrogens with one attached hydrogen (secondary N) is 1. The summed E-state index contributed by atoms with van der Waals surface area (Å²) in [6.45, 7) is 4.60. The van der Waals surface area contributed by atoms with Gasteiger partial charge in [-0.25, -0.2) is 0 Å². The van der Waals surface area contributed by atoms with Crippen molar-refractivity contribution in [1.82, 2.24) is 9.78 Å². The summed E-state index contributed by atoms with van der Waals surface area (Å²) in [5, 5.41) is 6.36. The van der Waals surface area contributed by atoms with Crippen LogP contribution in [0, 0.1) is 0 Å². The minimum absolute atomic E-state index is 0.0961. The Balaban J connectivity index is 2.61. The minimum atomic E-state index is -4.78. The molecule has 27 heavy (non-hydrogen) atoms. The van der Waals surface area contributed by atoms with E-state index in [1.54, 1.807) is 13.8 Å². The molecule has 0 aliphatic rings. The van der Waals surface area contributed by atoms with E-state index in [2.05, 4.69) is 10.4 Å². The summed E-state index contributed by atoms with van der Waals surface area (Å²) in [6.07, 6.45) is -8.94. The summed E-state index contributed by atoms with van der Waals surface area (Å²) in [7, 11) is 0. The fourth-order valence-corrected chi connectivity index (χ4v) is 2.98. The molecule has 0 aliphatic heterocycles. The summed E-state index contributed by atoms with van der Waals surface area (Å²) in [5.41, 5.74) is -1.05. The number of alkyl halides is 6. The van der Waals surface area contributed by atoms with E-state index in [9.17, 15) is 26.3 Å². The third-order valence-corrected chi connectivity index (χ3v) is 4.45. The van der Waals surface area contributed by atoms with Gasteiger partial charge in [0.1, 0.15) is 6.04 Å². The lowest BCUT2D eigenvalue weighted by molar-refractivity contribution is -0.138. The number of halogens is 7. The summed E-state index contributed by atoms with van der Waals surface area (Å²) >= 11 is 6.23. The zero-order chi connectivity index (χ0) is 20.6. The molecule has 0 saturated carbocycles. The first-order valence-corrected chi connectivity index (χ1v) is 8.57. The molecule has 0 bridgehead atoms. The second kappa shape index (κ2) is 7.61. The van der Waals surface area contributed by atoms with Crippen LogP contribution in [-0.2, 0) is 19.1 Å². The maximum Gasteiger partial charge on any atom is 0.417 e. The smallest absolute Gasteiger partial charge is 0.374 e. The highest BCUT2D eigenvalue weighted by Crippen LogP contribution is 2.42. The summed E-state index contributed by atoms with van der Waals surface area (Å²) in [4.78, 5) is 0. The maximum absolute atomic E-state index is 13.6. The number of hydrogen-bond donors (Lipinski definition) is 1. The molecule has 0 unspecified atom stereocenters. The summed E-state index contributed by atoms with van der Waals surface area (Å²) in [6, 6.07) is 0.942. The number of aromatic nitrogens is 2. The average molecular weight is 414 g/mol. The first kappa shape index (κ1) is 21.4. The zero-order valence-corrected chi connectivity index (χ0v) is 15.5. The van der Waals surface area contributed by atoms with Gasteiger partial charge >= 0.3 is 12.4 Å². The van der Waals surface area contributed by atoms with Gasteiger partial charge in [0.15, 0.2) is 0 Å². The van der Waals surface area contributed by atoms with Crippen LogP contribution in [0.1, 0.15) is 32.0 Å². The first-order valence-electron chi connectivity index (χ1n) is 8.20. The van der Waals surface area contributed by atoms with Crippen molar-refractivity contribution in [3.05, 3.63) is 34.5 Å². The number of nitrogens with zero attached hydrogens (tertiary/aromatic N) is 2. The van der Waals surface area contributed by atoms with Gasteiger partial charge in [0.25, 0.3) is 0 Å². The number of hydrogen-bond acceptors (Lipinski definition) is 2. The van der Waals surface area contributed by atoms with Crippen LogP contribution in [0.4, 0.5) is 32.0 Å². The predicted molar refractivity (Wildman–Crippen MR) is 91.9 cm³/mol. The molecule has 10 heteroatoms. The second-order valence-electron chi connectivity index (χ2n) is 5.94. The molecule has 1 heterocycles. The van der Waals surface area contributed by atoms with Gasteiger partial charge in [0, 0.05) is 17.8 Å². The van der Waals surface area contributed by atoms with Crippen LogP contribution < -0.4 is 5.32 Å². The molecular formula is C17H18ClF6N3. The fraction of sp³-hybridized carbons (Fsp3) is 0.471. The first-order chi connectivity index (χ1) is 12.4. The molecule has 0 saturated heterocycles. The van der Waals surface area contributed by atoms with Gasteiger partial charge in [-0.3, -0.25) is 4.68 Å². The molecule has 0 amide bonds. The van der Waals surface area contributed by atoms with Crippen LogP contribution in [0.5, 0.6) is 0 Å². The molecule has 1 aromatic heterocycles. The lowest BCUT2D eigenvalue weighted by Gasteiger charge is -2.21. The summed E-state index contributed by atoms with van der Waals surface area (Å²) < 4.78 is 80.3. The van der Waals surface area contributed by atoms with Crippen molar-refractivity contribution in [2.24, 2.45) is 0 Å². The number of aryl methyl sites for hydroxylation is 2. The fourth-order valence-electron chi connectivity index (χ4n) is 2.61. The second-order valence-corrected chi connectivity index (χ2v) is 6.32. The van der Waals surface area contributed by atoms with Crippen molar-refractivity contribution >= 4 is 17.3 Å². The Labute approximate surface area is 157 Å². The van der Waals surface area contributed by atoms with E-state index in [1.165, 1.54) is 10.7 Å². The normalized spacial score (nSPS) is 13.7. The quantitative estimate of drug-likeness (QED) is 0.594. The Morgan fingerprint density at radius 1 is 1.15 bits per heavy atom. The number of anilines is 1. The molecule has 3 nitrogen and oxygen atoms in total. The molecule has 150 valence electrons. The van der Waals surface area contributed by atoms with Gasteiger partial charge in [0.05, 0.1) is 22.0 Å². The predicted octanol–water partition coefficient (Wildman–Crippen LogP) is 6.17. The van der Waals surface area contributed by atoms with Crippen LogP contribution in [-0.4, -0.2) is 22.0 Å². The molecule has 1 N–H and O–H groups in total. The van der Waals surface area contributed by atoms with E-state index in [1.807, 2.05) is 0 Å². The number of rotatable bonds is 5. The van der Waals surface area contributed by atoms with Gasteiger partial charge in [-0.15, -0.1) is 0 Å². The molecule has 1 atom stereocenters. The van der Waals surface area contributed by atoms with Crippen LogP contribution in [0.2, 0.25) is 5.02 Å². The molecule has 0 fully saturated rings. The lowest BCUT2D eigenvalue weighted by atomic mass is 10.0. The van der Waals surface area contributed by atoms with E-state index in [0.29, 0.717) is 18.2 Å². The Hall–Kier alpha value is -1.90. The van der Waals surface area contributed by atoms with E-state index in [4.69, 9.17) is 11.6 Å². The van der Waals surface area contributed by atoms with Crippen LogP contribution in [0.15, 0.2) is 18.2 Å². The van der Waals surface area contributed by atoms with Crippen molar-refractivity contribution in [2.45, 2.75) is 52.1 Å². The molecule has 0 aliphatic carbocycles. The third-order valence-electron chi connectivity index (χ3n) is 4.05. The van der Waals surface area contributed by atoms with Gasteiger partial charge in [-0.05, 0) is 32.4 Å². The SMILES string of the molecule is CCc1nn(CC)c(-c2ccc(N[C@H](C)C(F)(F)F)cc2C(F)(F)F)c1Cl. The van der Waals surface area contributed by atoms with Crippen LogP contribution >= 0.6 is 11.6 Å². The Morgan fingerprint density at radius 3 is 2.26 bits per heavy atom. The molecule has 0 radical (unpaired) electrons. The summed E-state index contributed by atoms with van der Waals surface area (Å²) in [5.74, 6) is 0. The molecular weight excluding hydrogens is 396 g/mol. The van der Waals surface area contributed by atoms with Gasteiger partial charge in [-0.1, -0.05) is 24.6 Å². The molecule has 1 aromatic carbocycles. The van der Waals surface area contributed by atoms with E-state index in [-0.39, 0.29) is 28.5 Å². The zero-order valence-electron chi connectivity index (χ0n) is 14.8. The largest absolute Gasteiger partial charge is 0.417 e. The Kier molecular flexibility index (Phi) is 6.03. The van der Waals surface area contributed by atoms with Crippen molar-refractivity contribution < 1.29 is 26.3 Å². The van der Waals surface area contributed by atoms with Crippen molar-refractivity contribution in [2.75, 3.05) is 5.32 Å². The van der Waals surface area contributed by atoms with Crippen LogP contribution in [0.25, 0.3) is 11.3 Å². The van der Waals surface area contributed by atoms with Gasteiger partial charge in [-0.2, -0.15) is 31.4 Å². The van der Waals surface area contributed by atoms with E-state index < -0.39 is 24.0 Å². The minimum Gasteiger partial charge on any atom is -0.374 e. The highest BCUT2D eigenvalue weighted by Gasteiger charge is 2.38. The average Bonchev–Trinajstić information content (AvgIpc) is 2.89. The van der Waals surface area contributed by atoms with Crippen molar-refractivity contribution in [3.8, 4) is 11.3 Å². The lowest BCUT2D eigenvalue weighted by Crippen LogP contribution is -2.33. The molecule has 2 rings (SSSR count). The van der Waals surface area contributed by atoms with Gasteiger partial charge < -0.3 is 5.32 Å². The maximum atomic E-state index is 13.6. The highest BCUT2D eigenvalue weighted by atomic mass is 35.5. The molecule has 0 spiro atoms. The molecule has 2 aromatic rings. The standard InChI is InChI=1S/C17H18ClF6N3/c1-4-13-14(18)15(27(5-2)26-13)11-7-6-10(8-12(11)17(22,23)24)25-9(3)16(19,20)21/h6-9,25H,4-5H2,1-3H3/t9-/m1/s1. The Bertz CT molecular complexity index is 810. The van der Waals surface area contributed by atoms with E-state index >= 15 is 0 Å². The van der Waals surface area contributed by atoms with Gasteiger partial charge in [0.2, 0.25) is 0 Å². The van der Waals surface area contributed by atoms with Crippen molar-refractivity contribution in [1.29, 1.82) is 0 Å². The monoisotopic (exact) mass is 413 g/mol. The highest BCUT2D eigenvalue weighted by molar-refractivity contribution is 6.33.